The molecule has 0 N–H and O–H groups in total. The summed E-state index contributed by atoms with van der Waals surface area (Å²) in [4.78, 5) is 9.85. The minimum atomic E-state index is 0.917. The highest BCUT2D eigenvalue weighted by atomic mass is 127. The Kier molecular flexibility index (Phi) is 4.49. The molecule has 4 heteroatoms. The zero-order chi connectivity index (χ0) is 16.5. The van der Waals surface area contributed by atoms with Gasteiger partial charge in [-0.3, -0.25) is 0 Å². The highest BCUT2D eigenvalue weighted by molar-refractivity contribution is 14.1. The van der Waals surface area contributed by atoms with Crippen LogP contribution in [0.3, 0.4) is 0 Å². The van der Waals surface area contributed by atoms with Gasteiger partial charge in [-0.15, -0.1) is 0 Å². The predicted molar refractivity (Wildman–Crippen MR) is 116 cm³/mol. The summed E-state index contributed by atoms with van der Waals surface area (Å²) in [6, 6.07) is 24.8. The monoisotopic (exact) mass is 534 g/mol. The van der Waals surface area contributed by atoms with Crippen molar-refractivity contribution in [3.63, 3.8) is 0 Å². The molecule has 4 aromatic rings. The molecule has 4 rings (SSSR count). The van der Waals surface area contributed by atoms with E-state index in [1.54, 1.807) is 0 Å². The average molecular weight is 534 g/mol. The topological polar surface area (TPSA) is 25.8 Å². The van der Waals surface area contributed by atoms with Crippen LogP contribution in [-0.4, -0.2) is 9.97 Å². The lowest BCUT2D eigenvalue weighted by Crippen LogP contribution is -1.96. The molecule has 0 radical (unpaired) electrons. The van der Waals surface area contributed by atoms with Crippen LogP contribution in [0.1, 0.15) is 0 Å². The van der Waals surface area contributed by atoms with Crippen LogP contribution in [-0.2, 0) is 0 Å². The fourth-order valence-corrected chi connectivity index (χ4v) is 3.76. The predicted octanol–water partition coefficient (Wildman–Crippen LogP) is 6.17. The maximum absolute atomic E-state index is 4.92. The molecule has 0 unspecified atom stereocenters. The first-order valence-electron chi connectivity index (χ1n) is 7.49. The number of para-hydroxylation sites is 2. The molecule has 0 fully saturated rings. The summed E-state index contributed by atoms with van der Waals surface area (Å²) in [7, 11) is 0. The van der Waals surface area contributed by atoms with Crippen molar-refractivity contribution in [2.45, 2.75) is 0 Å². The number of aromatic nitrogens is 2. The zero-order valence-electron chi connectivity index (χ0n) is 12.6. The number of rotatable bonds is 2. The van der Waals surface area contributed by atoms with Crippen LogP contribution in [0.4, 0.5) is 0 Å². The molecule has 1 heterocycles. The maximum atomic E-state index is 4.92. The van der Waals surface area contributed by atoms with Crippen molar-refractivity contribution in [1.29, 1.82) is 0 Å². The highest BCUT2D eigenvalue weighted by Gasteiger charge is 2.13. The minimum Gasteiger partial charge on any atom is -0.244 e. The lowest BCUT2D eigenvalue weighted by atomic mass is 10.0. The summed E-state index contributed by atoms with van der Waals surface area (Å²) in [6.07, 6.45) is 0. The second kappa shape index (κ2) is 6.76. The Hall–Kier alpha value is -1.54. The summed E-state index contributed by atoms with van der Waals surface area (Å²) in [5.74, 6) is 0. The van der Waals surface area contributed by atoms with E-state index in [9.17, 15) is 0 Å². The third-order valence-electron chi connectivity index (χ3n) is 3.77. The van der Waals surface area contributed by atoms with Gasteiger partial charge in [0, 0.05) is 18.3 Å². The highest BCUT2D eigenvalue weighted by Crippen LogP contribution is 2.32. The van der Waals surface area contributed by atoms with Crippen LogP contribution in [0, 0.1) is 7.14 Å². The molecule has 0 saturated heterocycles. The van der Waals surface area contributed by atoms with E-state index >= 15 is 0 Å². The molecule has 3 aromatic carbocycles. The largest absolute Gasteiger partial charge is 0.244 e. The standard InChI is InChI=1S/C20H12I2N2/c21-15-7-3-5-13(11-15)19-20(14-6-4-8-16(22)12-14)24-18-10-2-1-9-17(18)23-19/h1-12H. The van der Waals surface area contributed by atoms with Crippen LogP contribution in [0.2, 0.25) is 0 Å². The number of hydrogen-bond acceptors (Lipinski definition) is 2. The van der Waals surface area contributed by atoms with Gasteiger partial charge in [0.05, 0.1) is 22.4 Å². The fraction of sp³-hybridized carbons (Fsp3) is 0. The van der Waals surface area contributed by atoms with Crippen LogP contribution >= 0.6 is 45.2 Å². The van der Waals surface area contributed by atoms with Crippen molar-refractivity contribution < 1.29 is 0 Å². The Labute approximate surface area is 167 Å². The summed E-state index contributed by atoms with van der Waals surface area (Å²) in [5, 5.41) is 0. The Balaban J connectivity index is 2.04. The Morgan fingerprint density at radius 1 is 0.542 bits per heavy atom. The molecule has 2 nitrogen and oxygen atoms in total. The summed E-state index contributed by atoms with van der Waals surface area (Å²) < 4.78 is 2.38. The zero-order valence-corrected chi connectivity index (χ0v) is 16.9. The smallest absolute Gasteiger partial charge is 0.0973 e. The SMILES string of the molecule is Ic1cccc(-c2nc3ccccc3nc2-c2cccc(I)c2)c1. The first-order valence-corrected chi connectivity index (χ1v) is 9.65. The second-order valence-electron chi connectivity index (χ2n) is 5.43. The third-order valence-corrected chi connectivity index (χ3v) is 5.11. The van der Waals surface area contributed by atoms with Gasteiger partial charge in [-0.1, -0.05) is 36.4 Å². The fourth-order valence-electron chi connectivity index (χ4n) is 2.67. The quantitative estimate of drug-likeness (QED) is 0.288. The first kappa shape index (κ1) is 16.0. The van der Waals surface area contributed by atoms with Gasteiger partial charge in [0.15, 0.2) is 0 Å². The molecular weight excluding hydrogens is 522 g/mol. The third kappa shape index (κ3) is 3.17. The van der Waals surface area contributed by atoms with Gasteiger partial charge in [0.25, 0.3) is 0 Å². The van der Waals surface area contributed by atoms with Gasteiger partial charge in [-0.05, 0) is 81.6 Å². The number of benzene rings is 3. The van der Waals surface area contributed by atoms with E-state index in [0.717, 1.165) is 33.5 Å². The van der Waals surface area contributed by atoms with Crippen LogP contribution < -0.4 is 0 Å². The maximum Gasteiger partial charge on any atom is 0.0973 e. The first-order chi connectivity index (χ1) is 11.7. The number of halogens is 2. The average Bonchev–Trinajstić information content (AvgIpc) is 2.60. The van der Waals surface area contributed by atoms with Gasteiger partial charge < -0.3 is 0 Å². The van der Waals surface area contributed by atoms with Crippen molar-refractivity contribution in [3.05, 3.63) is 79.9 Å². The molecule has 0 saturated carbocycles. The Morgan fingerprint density at radius 3 is 1.42 bits per heavy atom. The molecule has 0 amide bonds. The Bertz CT molecular complexity index is 960. The minimum absolute atomic E-state index is 0.917. The Morgan fingerprint density at radius 2 is 1.00 bits per heavy atom. The van der Waals surface area contributed by atoms with Crippen LogP contribution in [0.5, 0.6) is 0 Å². The van der Waals surface area contributed by atoms with Crippen molar-refractivity contribution in [3.8, 4) is 22.5 Å². The second-order valence-corrected chi connectivity index (χ2v) is 7.92. The van der Waals surface area contributed by atoms with Gasteiger partial charge in [0.1, 0.15) is 0 Å². The lowest BCUT2D eigenvalue weighted by molar-refractivity contribution is 1.29. The van der Waals surface area contributed by atoms with E-state index in [4.69, 9.17) is 9.97 Å². The molecular formula is C20H12I2N2. The lowest BCUT2D eigenvalue weighted by Gasteiger charge is -2.11. The molecule has 0 aliphatic rings. The van der Waals surface area contributed by atoms with Crippen LogP contribution in [0.15, 0.2) is 72.8 Å². The summed E-state index contributed by atoms with van der Waals surface area (Å²) in [5.41, 5.74) is 5.87. The molecule has 0 atom stereocenters. The van der Waals surface area contributed by atoms with E-state index < -0.39 is 0 Å². The van der Waals surface area contributed by atoms with E-state index in [-0.39, 0.29) is 0 Å². The van der Waals surface area contributed by atoms with E-state index in [2.05, 4.69) is 93.7 Å². The molecule has 116 valence electrons. The van der Waals surface area contributed by atoms with E-state index in [1.807, 2.05) is 24.3 Å². The van der Waals surface area contributed by atoms with Crippen molar-refractivity contribution in [2.75, 3.05) is 0 Å². The number of fused-ring (bicyclic) bond motifs is 1. The van der Waals surface area contributed by atoms with E-state index in [1.165, 1.54) is 7.14 Å². The normalized spacial score (nSPS) is 10.9. The van der Waals surface area contributed by atoms with Gasteiger partial charge >= 0.3 is 0 Å². The molecule has 24 heavy (non-hydrogen) atoms. The van der Waals surface area contributed by atoms with Gasteiger partial charge in [-0.25, -0.2) is 9.97 Å². The van der Waals surface area contributed by atoms with Gasteiger partial charge in [-0.2, -0.15) is 0 Å². The number of nitrogens with zero attached hydrogens (tertiary/aromatic N) is 2. The molecule has 0 aliphatic heterocycles. The van der Waals surface area contributed by atoms with E-state index in [0.29, 0.717) is 0 Å². The van der Waals surface area contributed by atoms with Crippen molar-refractivity contribution in [1.82, 2.24) is 9.97 Å². The molecule has 0 aliphatic carbocycles. The molecule has 0 spiro atoms. The summed E-state index contributed by atoms with van der Waals surface area (Å²) >= 11 is 4.67. The van der Waals surface area contributed by atoms with Crippen LogP contribution in [0.25, 0.3) is 33.5 Å². The number of hydrogen-bond donors (Lipinski definition) is 0. The molecule has 1 aromatic heterocycles. The van der Waals surface area contributed by atoms with Crippen molar-refractivity contribution >= 4 is 56.2 Å². The van der Waals surface area contributed by atoms with Crippen molar-refractivity contribution in [2.24, 2.45) is 0 Å². The molecule has 0 bridgehead atoms. The summed E-state index contributed by atoms with van der Waals surface area (Å²) in [6.45, 7) is 0. The van der Waals surface area contributed by atoms with Gasteiger partial charge in [0.2, 0.25) is 0 Å².